The van der Waals surface area contributed by atoms with Crippen molar-refractivity contribution in [1.82, 2.24) is 0 Å². The van der Waals surface area contributed by atoms with Crippen molar-refractivity contribution in [2.75, 3.05) is 0 Å². The average Bonchev–Trinajstić information content (AvgIpc) is 2.73. The molecule has 2 aliphatic rings. The second-order valence-corrected chi connectivity index (χ2v) is 11.4. The summed E-state index contributed by atoms with van der Waals surface area (Å²) in [4.78, 5) is 13.0. The van der Waals surface area contributed by atoms with Gasteiger partial charge in [-0.2, -0.15) is 5.26 Å². The molecule has 0 spiro atoms. The molecule has 5 heteroatoms. The van der Waals surface area contributed by atoms with Gasteiger partial charge in [0.2, 0.25) is 0 Å². The number of carbonyl (C=O) groups is 1. The molecule has 1 fully saturated rings. The van der Waals surface area contributed by atoms with E-state index in [-0.39, 0.29) is 34.6 Å². The maximum Gasteiger partial charge on any atom is 0.169 e. The van der Waals surface area contributed by atoms with E-state index < -0.39 is 0 Å². The van der Waals surface area contributed by atoms with Crippen molar-refractivity contribution in [3.8, 4) is 11.8 Å². The average molecular weight is 513 g/mol. The lowest BCUT2D eigenvalue weighted by Gasteiger charge is -2.62. The molecular formula is C27H27BrClNO2. The predicted molar refractivity (Wildman–Crippen MR) is 131 cm³/mol. The van der Waals surface area contributed by atoms with E-state index in [2.05, 4.69) is 67.9 Å². The van der Waals surface area contributed by atoms with Gasteiger partial charge in [0, 0.05) is 32.9 Å². The molecule has 0 N–H and O–H groups in total. The second kappa shape index (κ2) is 8.36. The number of allylic oxidation sites excluding steroid dienone is 2. The number of ketones is 1. The molecule has 0 saturated heterocycles. The topological polar surface area (TPSA) is 50.1 Å². The molecule has 2 aliphatic carbocycles. The first-order valence-electron chi connectivity index (χ1n) is 10.9. The number of rotatable bonds is 4. The summed E-state index contributed by atoms with van der Waals surface area (Å²) in [5.74, 6) is 1.08. The Kier molecular flexibility index (Phi) is 6.03. The highest BCUT2D eigenvalue weighted by molar-refractivity contribution is 9.10. The molecule has 1 unspecified atom stereocenters. The van der Waals surface area contributed by atoms with E-state index >= 15 is 0 Å². The van der Waals surface area contributed by atoms with Crippen LogP contribution in [0.15, 0.2) is 53.0 Å². The van der Waals surface area contributed by atoms with Gasteiger partial charge in [-0.15, -0.1) is 0 Å². The third-order valence-electron chi connectivity index (χ3n) is 7.20. The molecule has 1 saturated carbocycles. The number of carbonyl (C=O) groups excluding carboxylic acids is 1. The lowest BCUT2D eigenvalue weighted by Crippen LogP contribution is -2.65. The molecule has 2 aromatic rings. The van der Waals surface area contributed by atoms with Crippen LogP contribution in [-0.4, -0.2) is 11.9 Å². The molecule has 3 nitrogen and oxygen atoms in total. The first kappa shape index (κ1) is 23.1. The number of fused-ring (bicyclic) bond motifs is 1. The number of halogens is 2. The summed E-state index contributed by atoms with van der Waals surface area (Å²) < 4.78 is 7.38. The summed E-state index contributed by atoms with van der Waals surface area (Å²) in [5.41, 5.74) is 2.20. The second-order valence-electron chi connectivity index (χ2n) is 10.1. The van der Waals surface area contributed by atoms with Gasteiger partial charge in [0.15, 0.2) is 5.78 Å². The van der Waals surface area contributed by atoms with Crippen molar-refractivity contribution < 1.29 is 9.53 Å². The third kappa shape index (κ3) is 3.91. The number of aryl methyl sites for hydroxylation is 1. The SMILES string of the molecule is CC1(C)[C@H](/C=C/C2CCc3cc(Br)ccc3C2=O)C(C)(C)[C@H]1Oc1ccc(C#N)c(Cl)c1. The summed E-state index contributed by atoms with van der Waals surface area (Å²) in [7, 11) is 0. The Morgan fingerprint density at radius 1 is 1.12 bits per heavy atom. The molecule has 0 aliphatic heterocycles. The lowest BCUT2D eigenvalue weighted by molar-refractivity contribution is -0.177. The monoisotopic (exact) mass is 511 g/mol. The van der Waals surface area contributed by atoms with Gasteiger partial charge in [-0.3, -0.25) is 4.79 Å². The minimum absolute atomic E-state index is 0.0196. The Balaban J connectivity index is 1.50. The predicted octanol–water partition coefficient (Wildman–Crippen LogP) is 7.41. The van der Waals surface area contributed by atoms with Gasteiger partial charge >= 0.3 is 0 Å². The Hall–Kier alpha value is -2.09. The lowest BCUT2D eigenvalue weighted by atomic mass is 9.45. The van der Waals surface area contributed by atoms with E-state index in [0.717, 1.165) is 28.4 Å². The fourth-order valence-corrected chi connectivity index (χ4v) is 6.44. The quantitative estimate of drug-likeness (QED) is 0.401. The largest absolute Gasteiger partial charge is 0.489 e. The number of nitrogens with zero attached hydrogens (tertiary/aromatic N) is 1. The molecule has 0 bridgehead atoms. The maximum atomic E-state index is 13.0. The van der Waals surface area contributed by atoms with Crippen LogP contribution in [0.5, 0.6) is 5.75 Å². The molecule has 166 valence electrons. The normalized spacial score (nSPS) is 25.7. The first-order chi connectivity index (χ1) is 15.1. The van der Waals surface area contributed by atoms with Crippen LogP contribution in [0.4, 0.5) is 0 Å². The van der Waals surface area contributed by atoms with Crippen LogP contribution in [-0.2, 0) is 6.42 Å². The molecule has 0 radical (unpaired) electrons. The van der Waals surface area contributed by atoms with Crippen molar-refractivity contribution in [3.63, 3.8) is 0 Å². The number of hydrogen-bond donors (Lipinski definition) is 0. The molecule has 4 rings (SSSR count). The van der Waals surface area contributed by atoms with Crippen molar-refractivity contribution in [2.45, 2.75) is 46.6 Å². The molecule has 1 atom stereocenters. The minimum Gasteiger partial charge on any atom is -0.489 e. The Morgan fingerprint density at radius 2 is 1.84 bits per heavy atom. The van der Waals surface area contributed by atoms with Crippen LogP contribution in [0.2, 0.25) is 5.02 Å². The van der Waals surface area contributed by atoms with Gasteiger partial charge in [0.25, 0.3) is 0 Å². The van der Waals surface area contributed by atoms with Crippen LogP contribution >= 0.6 is 27.5 Å². The van der Waals surface area contributed by atoms with Crippen molar-refractivity contribution in [2.24, 2.45) is 22.7 Å². The van der Waals surface area contributed by atoms with Crippen LogP contribution in [0.1, 0.15) is 55.6 Å². The molecular weight excluding hydrogens is 486 g/mol. The van der Waals surface area contributed by atoms with E-state index in [1.807, 2.05) is 12.1 Å². The Morgan fingerprint density at radius 3 is 2.50 bits per heavy atom. The molecule has 32 heavy (non-hydrogen) atoms. The van der Waals surface area contributed by atoms with Crippen molar-refractivity contribution in [1.29, 1.82) is 5.26 Å². The van der Waals surface area contributed by atoms with Crippen LogP contribution in [0, 0.1) is 34.0 Å². The smallest absolute Gasteiger partial charge is 0.169 e. The summed E-state index contributed by atoms with van der Waals surface area (Å²) >= 11 is 9.69. The zero-order chi connectivity index (χ0) is 23.3. The van der Waals surface area contributed by atoms with E-state index in [0.29, 0.717) is 16.3 Å². The summed E-state index contributed by atoms with van der Waals surface area (Å²) in [6.07, 6.45) is 6.09. The zero-order valence-electron chi connectivity index (χ0n) is 18.8. The van der Waals surface area contributed by atoms with E-state index in [9.17, 15) is 4.79 Å². The zero-order valence-corrected chi connectivity index (χ0v) is 21.1. The number of hydrogen-bond acceptors (Lipinski definition) is 3. The summed E-state index contributed by atoms with van der Waals surface area (Å²) in [5, 5.41) is 9.49. The summed E-state index contributed by atoms with van der Waals surface area (Å²) in [6, 6.07) is 13.2. The van der Waals surface area contributed by atoms with Crippen LogP contribution in [0.3, 0.4) is 0 Å². The van der Waals surface area contributed by atoms with Gasteiger partial charge in [-0.1, -0.05) is 67.4 Å². The van der Waals surface area contributed by atoms with Crippen molar-refractivity contribution >= 4 is 33.3 Å². The Labute approximate surface area is 203 Å². The van der Waals surface area contributed by atoms with Gasteiger partial charge in [0.05, 0.1) is 10.6 Å². The van der Waals surface area contributed by atoms with Crippen LogP contribution < -0.4 is 4.74 Å². The van der Waals surface area contributed by atoms with Crippen LogP contribution in [0.25, 0.3) is 0 Å². The van der Waals surface area contributed by atoms with Crippen molar-refractivity contribution in [3.05, 3.63) is 74.7 Å². The van der Waals surface area contributed by atoms with Gasteiger partial charge in [0.1, 0.15) is 17.9 Å². The van der Waals surface area contributed by atoms with Gasteiger partial charge in [-0.25, -0.2) is 0 Å². The number of ether oxygens (including phenoxy) is 1. The third-order valence-corrected chi connectivity index (χ3v) is 8.01. The highest BCUT2D eigenvalue weighted by atomic mass is 79.9. The highest BCUT2D eigenvalue weighted by Gasteiger charge is 2.62. The maximum absolute atomic E-state index is 13.0. The van der Waals surface area contributed by atoms with E-state index in [4.69, 9.17) is 21.6 Å². The standard InChI is InChI=1S/C27H27BrClNO2/c1-26(2)23(12-8-16-5-6-17-13-19(28)9-11-21(17)24(16)31)27(3,4)25(26)32-20-10-7-18(15-30)22(29)14-20/h7-14,16,23,25H,5-6H2,1-4H3/b12-8+/t16?,23-,25-. The number of Topliss-reactive ketones (excluding diaryl/α,β-unsaturated/α-hetero) is 1. The first-order valence-corrected chi connectivity index (χ1v) is 12.1. The molecule has 0 amide bonds. The molecule has 2 aromatic carbocycles. The minimum atomic E-state index is -0.110. The highest BCUT2D eigenvalue weighted by Crippen LogP contribution is 2.61. The summed E-state index contributed by atoms with van der Waals surface area (Å²) in [6.45, 7) is 8.83. The number of benzene rings is 2. The van der Waals surface area contributed by atoms with E-state index in [1.54, 1.807) is 18.2 Å². The molecule has 0 aromatic heterocycles. The Bertz CT molecular complexity index is 1130. The fraction of sp³-hybridized carbons (Fsp3) is 0.407. The molecule has 0 heterocycles. The van der Waals surface area contributed by atoms with Gasteiger partial charge < -0.3 is 4.74 Å². The number of nitriles is 1. The fourth-order valence-electron chi connectivity index (χ4n) is 5.82. The van der Waals surface area contributed by atoms with E-state index in [1.165, 1.54) is 0 Å². The van der Waals surface area contributed by atoms with Gasteiger partial charge in [-0.05, 0) is 54.7 Å².